The number of carbonyl (C=O) groups is 2. The Hall–Kier alpha value is -1.10. The van der Waals surface area contributed by atoms with Gasteiger partial charge in [0, 0.05) is 12.1 Å². The lowest BCUT2D eigenvalue weighted by Gasteiger charge is -2.20. The summed E-state index contributed by atoms with van der Waals surface area (Å²) < 4.78 is 0. The van der Waals surface area contributed by atoms with Crippen molar-refractivity contribution in [2.75, 3.05) is 6.54 Å². The van der Waals surface area contributed by atoms with Crippen LogP contribution >= 0.6 is 0 Å². The van der Waals surface area contributed by atoms with E-state index < -0.39 is 6.04 Å². The monoisotopic (exact) mass is 241 g/mol. The van der Waals surface area contributed by atoms with Crippen molar-refractivity contribution in [2.24, 2.45) is 5.92 Å². The summed E-state index contributed by atoms with van der Waals surface area (Å²) in [7, 11) is 0. The van der Waals surface area contributed by atoms with Crippen molar-refractivity contribution in [1.82, 2.24) is 16.0 Å². The van der Waals surface area contributed by atoms with Crippen LogP contribution in [0.25, 0.3) is 0 Å². The fraction of sp³-hybridized carbons (Fsp3) is 0.833. The molecule has 1 rings (SSSR count). The van der Waals surface area contributed by atoms with Crippen LogP contribution in [-0.2, 0) is 9.59 Å². The molecule has 0 aromatic heterocycles. The maximum absolute atomic E-state index is 11.9. The van der Waals surface area contributed by atoms with E-state index in [1.807, 2.05) is 20.8 Å². The Kier molecular flexibility index (Phi) is 4.93. The van der Waals surface area contributed by atoms with E-state index in [1.54, 1.807) is 6.92 Å². The first kappa shape index (κ1) is 14.0. The maximum Gasteiger partial charge on any atom is 0.242 e. The summed E-state index contributed by atoms with van der Waals surface area (Å²) in [5, 5.41) is 8.77. The summed E-state index contributed by atoms with van der Waals surface area (Å²) in [6.45, 7) is 8.37. The predicted octanol–water partition coefficient (Wildman–Crippen LogP) is 0.0137. The molecule has 5 nitrogen and oxygen atoms in total. The Balaban J connectivity index is 2.42. The van der Waals surface area contributed by atoms with Gasteiger partial charge in [0.15, 0.2) is 0 Å². The van der Waals surface area contributed by atoms with E-state index in [0.717, 1.165) is 13.0 Å². The van der Waals surface area contributed by atoms with Gasteiger partial charge in [-0.1, -0.05) is 0 Å². The van der Waals surface area contributed by atoms with E-state index in [9.17, 15) is 9.59 Å². The van der Waals surface area contributed by atoms with Crippen LogP contribution in [0.4, 0.5) is 0 Å². The third kappa shape index (κ3) is 4.00. The fourth-order valence-electron chi connectivity index (χ4n) is 2.01. The highest BCUT2D eigenvalue weighted by atomic mass is 16.2. The highest BCUT2D eigenvalue weighted by molar-refractivity contribution is 5.88. The molecule has 17 heavy (non-hydrogen) atoms. The average molecular weight is 241 g/mol. The number of nitrogens with one attached hydrogen (secondary N) is 3. The molecule has 0 aromatic carbocycles. The molecule has 1 heterocycles. The van der Waals surface area contributed by atoms with Crippen molar-refractivity contribution in [3.05, 3.63) is 0 Å². The van der Waals surface area contributed by atoms with Gasteiger partial charge in [0.1, 0.15) is 6.04 Å². The van der Waals surface area contributed by atoms with Crippen molar-refractivity contribution in [1.29, 1.82) is 0 Å². The second kappa shape index (κ2) is 6.00. The lowest BCUT2D eigenvalue weighted by atomic mass is 10.0. The molecule has 1 saturated heterocycles. The summed E-state index contributed by atoms with van der Waals surface area (Å²) in [5.74, 6) is -0.190. The zero-order valence-electron chi connectivity index (χ0n) is 11.0. The summed E-state index contributed by atoms with van der Waals surface area (Å²) in [6.07, 6.45) is 0.839. The molecule has 0 spiro atoms. The second-order valence-corrected chi connectivity index (χ2v) is 5.03. The zero-order chi connectivity index (χ0) is 13.0. The largest absolute Gasteiger partial charge is 0.352 e. The smallest absolute Gasteiger partial charge is 0.242 e. The van der Waals surface area contributed by atoms with Crippen LogP contribution in [0.3, 0.4) is 0 Å². The lowest BCUT2D eigenvalue weighted by Crippen LogP contribution is -2.49. The van der Waals surface area contributed by atoms with E-state index in [-0.39, 0.29) is 29.8 Å². The van der Waals surface area contributed by atoms with E-state index in [1.165, 1.54) is 0 Å². The van der Waals surface area contributed by atoms with Gasteiger partial charge in [-0.2, -0.15) is 0 Å². The molecule has 5 heteroatoms. The standard InChI is InChI=1S/C12H23N3O2/c1-7(2)14-11(16)9(4)15-12(17)10-5-6-13-8(10)3/h7-10,13H,5-6H2,1-4H3,(H,14,16)(H,15,17). The van der Waals surface area contributed by atoms with Gasteiger partial charge in [-0.25, -0.2) is 0 Å². The molecule has 3 unspecified atom stereocenters. The molecule has 3 atom stereocenters. The molecule has 0 aromatic rings. The molecule has 1 aliphatic heterocycles. The summed E-state index contributed by atoms with van der Waals surface area (Å²) in [4.78, 5) is 23.6. The van der Waals surface area contributed by atoms with Gasteiger partial charge < -0.3 is 16.0 Å². The lowest BCUT2D eigenvalue weighted by molar-refractivity contribution is -0.131. The molecule has 2 amide bonds. The van der Waals surface area contributed by atoms with Crippen molar-refractivity contribution in [3.8, 4) is 0 Å². The highest BCUT2D eigenvalue weighted by Gasteiger charge is 2.30. The highest BCUT2D eigenvalue weighted by Crippen LogP contribution is 2.15. The first-order valence-electron chi connectivity index (χ1n) is 6.26. The Labute approximate surface area is 103 Å². The summed E-state index contributed by atoms with van der Waals surface area (Å²) in [5.41, 5.74) is 0. The first-order valence-corrected chi connectivity index (χ1v) is 6.26. The van der Waals surface area contributed by atoms with Crippen molar-refractivity contribution in [3.63, 3.8) is 0 Å². The van der Waals surface area contributed by atoms with Gasteiger partial charge in [-0.3, -0.25) is 9.59 Å². The quantitative estimate of drug-likeness (QED) is 0.649. The van der Waals surface area contributed by atoms with Crippen LogP contribution in [0, 0.1) is 5.92 Å². The minimum atomic E-state index is -0.474. The van der Waals surface area contributed by atoms with Crippen LogP contribution < -0.4 is 16.0 Å². The van der Waals surface area contributed by atoms with E-state index in [4.69, 9.17) is 0 Å². The van der Waals surface area contributed by atoms with Crippen molar-refractivity contribution in [2.45, 2.75) is 52.2 Å². The molecule has 0 radical (unpaired) electrons. The van der Waals surface area contributed by atoms with E-state index in [2.05, 4.69) is 16.0 Å². The predicted molar refractivity (Wildman–Crippen MR) is 66.5 cm³/mol. The van der Waals surface area contributed by atoms with E-state index >= 15 is 0 Å². The van der Waals surface area contributed by atoms with Crippen molar-refractivity contribution >= 4 is 11.8 Å². The zero-order valence-corrected chi connectivity index (χ0v) is 11.0. The van der Waals surface area contributed by atoms with Gasteiger partial charge in [0.25, 0.3) is 0 Å². The van der Waals surface area contributed by atoms with Gasteiger partial charge >= 0.3 is 0 Å². The molecular weight excluding hydrogens is 218 g/mol. The molecule has 1 aliphatic rings. The number of carbonyl (C=O) groups excluding carboxylic acids is 2. The Morgan fingerprint density at radius 3 is 2.35 bits per heavy atom. The number of hydrogen-bond donors (Lipinski definition) is 3. The minimum absolute atomic E-state index is 0.0238. The van der Waals surface area contributed by atoms with Crippen LogP contribution in [0.5, 0.6) is 0 Å². The van der Waals surface area contributed by atoms with E-state index in [0.29, 0.717) is 0 Å². The maximum atomic E-state index is 11.9. The average Bonchev–Trinajstić information content (AvgIpc) is 2.63. The van der Waals surface area contributed by atoms with Crippen LogP contribution in [0.1, 0.15) is 34.1 Å². The summed E-state index contributed by atoms with van der Waals surface area (Å²) in [6, 6.07) is -0.193. The minimum Gasteiger partial charge on any atom is -0.352 e. The molecule has 0 bridgehead atoms. The van der Waals surface area contributed by atoms with Crippen LogP contribution in [0.15, 0.2) is 0 Å². The van der Waals surface area contributed by atoms with Crippen molar-refractivity contribution < 1.29 is 9.59 Å². The fourth-order valence-corrected chi connectivity index (χ4v) is 2.01. The second-order valence-electron chi connectivity index (χ2n) is 5.03. The molecule has 98 valence electrons. The van der Waals surface area contributed by atoms with Crippen LogP contribution in [0.2, 0.25) is 0 Å². The normalized spacial score (nSPS) is 25.7. The van der Waals surface area contributed by atoms with Gasteiger partial charge in [0.2, 0.25) is 11.8 Å². The Morgan fingerprint density at radius 2 is 1.88 bits per heavy atom. The third-order valence-corrected chi connectivity index (χ3v) is 3.04. The SMILES string of the molecule is CC(C)NC(=O)C(C)NC(=O)C1CCNC1C. The first-order chi connectivity index (χ1) is 7.91. The molecule has 0 saturated carbocycles. The molecule has 0 aliphatic carbocycles. The van der Waals surface area contributed by atoms with Gasteiger partial charge in [-0.15, -0.1) is 0 Å². The Morgan fingerprint density at radius 1 is 1.24 bits per heavy atom. The van der Waals surface area contributed by atoms with Crippen LogP contribution in [-0.4, -0.2) is 36.5 Å². The molecule has 3 N–H and O–H groups in total. The van der Waals surface area contributed by atoms with Gasteiger partial charge in [-0.05, 0) is 40.7 Å². The summed E-state index contributed by atoms with van der Waals surface area (Å²) >= 11 is 0. The number of rotatable bonds is 4. The third-order valence-electron chi connectivity index (χ3n) is 3.04. The Bertz CT molecular complexity index is 291. The topological polar surface area (TPSA) is 70.2 Å². The molecule has 1 fully saturated rings. The molecular formula is C12H23N3O2. The number of hydrogen-bond acceptors (Lipinski definition) is 3. The number of amides is 2. The van der Waals surface area contributed by atoms with Gasteiger partial charge in [0.05, 0.1) is 5.92 Å².